The van der Waals surface area contributed by atoms with Crippen molar-refractivity contribution in [1.29, 1.82) is 0 Å². The van der Waals surface area contributed by atoms with Gasteiger partial charge in [0.1, 0.15) is 0 Å². The lowest BCUT2D eigenvalue weighted by molar-refractivity contribution is 0.0498. The first-order valence-electron chi connectivity index (χ1n) is 7.66. The van der Waals surface area contributed by atoms with Crippen LogP contribution in [0.5, 0.6) is 0 Å². The van der Waals surface area contributed by atoms with E-state index in [0.29, 0.717) is 12.0 Å². The number of rotatable bonds is 6. The fourth-order valence-corrected chi connectivity index (χ4v) is 3.83. The van der Waals surface area contributed by atoms with Gasteiger partial charge in [0.25, 0.3) is 0 Å². The van der Waals surface area contributed by atoms with Gasteiger partial charge in [-0.15, -0.1) is 11.3 Å². The Kier molecular flexibility index (Phi) is 5.81. The number of methoxy groups -OCH3 is 1. The van der Waals surface area contributed by atoms with Crippen molar-refractivity contribution in [2.24, 2.45) is 5.92 Å². The lowest BCUT2D eigenvalue weighted by atomic mass is 9.96. The standard InChI is InChI=1S/C15H27N3OS/c1-5-12-14(9-16-6-2)20-15(17-12)18-8-7-11(3)13(10-18)19-4/h11,13,16H,5-10H2,1-4H3. The van der Waals surface area contributed by atoms with E-state index in [0.717, 1.165) is 32.6 Å². The Morgan fingerprint density at radius 1 is 1.45 bits per heavy atom. The zero-order valence-corrected chi connectivity index (χ0v) is 13.9. The van der Waals surface area contributed by atoms with E-state index in [1.54, 1.807) is 0 Å². The fraction of sp³-hybridized carbons (Fsp3) is 0.800. The van der Waals surface area contributed by atoms with Gasteiger partial charge in [-0.1, -0.05) is 20.8 Å². The van der Waals surface area contributed by atoms with Gasteiger partial charge in [-0.3, -0.25) is 0 Å². The van der Waals surface area contributed by atoms with Crippen LogP contribution < -0.4 is 10.2 Å². The minimum absolute atomic E-state index is 0.329. The van der Waals surface area contributed by atoms with Gasteiger partial charge in [0.05, 0.1) is 11.8 Å². The predicted molar refractivity (Wildman–Crippen MR) is 85.7 cm³/mol. The zero-order chi connectivity index (χ0) is 14.5. The maximum atomic E-state index is 5.61. The Morgan fingerprint density at radius 3 is 2.90 bits per heavy atom. The van der Waals surface area contributed by atoms with E-state index in [2.05, 4.69) is 31.0 Å². The highest BCUT2D eigenvalue weighted by atomic mass is 32.1. The van der Waals surface area contributed by atoms with Gasteiger partial charge in [0.15, 0.2) is 5.13 Å². The lowest BCUT2D eigenvalue weighted by Crippen LogP contribution is -2.43. The maximum Gasteiger partial charge on any atom is 0.185 e. The largest absolute Gasteiger partial charge is 0.379 e. The molecule has 20 heavy (non-hydrogen) atoms. The molecule has 114 valence electrons. The number of nitrogens with zero attached hydrogens (tertiary/aromatic N) is 2. The summed E-state index contributed by atoms with van der Waals surface area (Å²) in [5.74, 6) is 0.642. The van der Waals surface area contributed by atoms with Crippen LogP contribution in [0.15, 0.2) is 0 Å². The molecule has 0 spiro atoms. The van der Waals surface area contributed by atoms with Crippen LogP contribution >= 0.6 is 11.3 Å². The summed E-state index contributed by atoms with van der Waals surface area (Å²) >= 11 is 1.84. The zero-order valence-electron chi connectivity index (χ0n) is 13.1. The van der Waals surface area contributed by atoms with E-state index in [4.69, 9.17) is 9.72 Å². The first-order chi connectivity index (χ1) is 9.69. The van der Waals surface area contributed by atoms with Crippen molar-refractivity contribution in [2.45, 2.75) is 46.3 Å². The van der Waals surface area contributed by atoms with Crippen LogP contribution in [0.2, 0.25) is 0 Å². The molecule has 1 N–H and O–H groups in total. The monoisotopic (exact) mass is 297 g/mol. The summed E-state index contributed by atoms with van der Waals surface area (Å²) in [5.41, 5.74) is 1.25. The summed E-state index contributed by atoms with van der Waals surface area (Å²) in [5, 5.41) is 4.58. The molecule has 1 aromatic heterocycles. The molecule has 0 aliphatic carbocycles. The summed E-state index contributed by atoms with van der Waals surface area (Å²) < 4.78 is 5.61. The molecule has 1 fully saturated rings. The Balaban J connectivity index is 2.10. The molecule has 2 rings (SSSR count). The normalized spacial score (nSPS) is 23.3. The first-order valence-corrected chi connectivity index (χ1v) is 8.48. The van der Waals surface area contributed by atoms with Crippen molar-refractivity contribution in [3.05, 3.63) is 10.6 Å². The summed E-state index contributed by atoms with van der Waals surface area (Å²) in [4.78, 5) is 8.63. The van der Waals surface area contributed by atoms with Crippen LogP contribution in [0.3, 0.4) is 0 Å². The van der Waals surface area contributed by atoms with Gasteiger partial charge in [-0.25, -0.2) is 4.98 Å². The van der Waals surface area contributed by atoms with Crippen molar-refractivity contribution in [3.8, 4) is 0 Å². The van der Waals surface area contributed by atoms with Crippen LogP contribution in [0.25, 0.3) is 0 Å². The number of hydrogen-bond donors (Lipinski definition) is 1. The third-order valence-corrected chi connectivity index (χ3v) is 5.26. The molecular weight excluding hydrogens is 270 g/mol. The lowest BCUT2D eigenvalue weighted by Gasteiger charge is -2.36. The Hall–Kier alpha value is -0.650. The molecule has 0 saturated carbocycles. The summed E-state index contributed by atoms with van der Waals surface area (Å²) in [6.45, 7) is 10.6. The van der Waals surface area contributed by atoms with Crippen LogP contribution in [0.1, 0.15) is 37.8 Å². The van der Waals surface area contributed by atoms with Gasteiger partial charge in [-0.2, -0.15) is 0 Å². The average molecular weight is 297 g/mol. The number of aryl methyl sites for hydroxylation is 1. The average Bonchev–Trinajstić information content (AvgIpc) is 2.88. The molecular formula is C15H27N3OS. The van der Waals surface area contributed by atoms with E-state index in [1.165, 1.54) is 22.1 Å². The molecule has 2 unspecified atom stereocenters. The first kappa shape index (κ1) is 15.7. The van der Waals surface area contributed by atoms with Gasteiger partial charge < -0.3 is 15.0 Å². The minimum Gasteiger partial charge on any atom is -0.379 e. The molecule has 2 heterocycles. The number of aromatic nitrogens is 1. The second kappa shape index (κ2) is 7.38. The second-order valence-electron chi connectivity index (χ2n) is 5.49. The third kappa shape index (κ3) is 3.51. The molecule has 2 atom stereocenters. The summed E-state index contributed by atoms with van der Waals surface area (Å²) in [6.07, 6.45) is 2.52. The van der Waals surface area contributed by atoms with Crippen molar-refractivity contribution in [1.82, 2.24) is 10.3 Å². The smallest absolute Gasteiger partial charge is 0.185 e. The number of hydrogen-bond acceptors (Lipinski definition) is 5. The SMILES string of the molecule is CCNCc1sc(N2CCC(C)C(OC)C2)nc1CC. The number of ether oxygens (including phenoxy) is 1. The summed E-state index contributed by atoms with van der Waals surface area (Å²) in [7, 11) is 1.82. The van der Waals surface area contributed by atoms with E-state index in [1.807, 2.05) is 18.4 Å². The third-order valence-electron chi connectivity index (χ3n) is 4.10. The number of nitrogens with one attached hydrogen (secondary N) is 1. The van der Waals surface area contributed by atoms with E-state index >= 15 is 0 Å². The quantitative estimate of drug-likeness (QED) is 0.876. The molecule has 0 aromatic carbocycles. The Bertz CT molecular complexity index is 421. The molecule has 0 radical (unpaired) electrons. The van der Waals surface area contributed by atoms with E-state index in [-0.39, 0.29) is 0 Å². The van der Waals surface area contributed by atoms with Gasteiger partial charge in [0, 0.05) is 31.6 Å². The van der Waals surface area contributed by atoms with Crippen molar-refractivity contribution >= 4 is 16.5 Å². The van der Waals surface area contributed by atoms with Crippen molar-refractivity contribution in [2.75, 3.05) is 31.6 Å². The maximum absolute atomic E-state index is 5.61. The van der Waals surface area contributed by atoms with Gasteiger partial charge >= 0.3 is 0 Å². The Labute approximate surface area is 126 Å². The Morgan fingerprint density at radius 2 is 2.25 bits per heavy atom. The molecule has 0 amide bonds. The number of thiazole rings is 1. The molecule has 1 aliphatic heterocycles. The van der Waals surface area contributed by atoms with Gasteiger partial charge in [-0.05, 0) is 25.3 Å². The summed E-state index contributed by atoms with van der Waals surface area (Å²) in [6, 6.07) is 0. The highest BCUT2D eigenvalue weighted by Crippen LogP contribution is 2.30. The highest BCUT2D eigenvalue weighted by molar-refractivity contribution is 7.15. The molecule has 1 aromatic rings. The van der Waals surface area contributed by atoms with Crippen molar-refractivity contribution < 1.29 is 4.74 Å². The van der Waals surface area contributed by atoms with Crippen LogP contribution in [0.4, 0.5) is 5.13 Å². The van der Waals surface area contributed by atoms with Crippen LogP contribution in [-0.4, -0.2) is 37.8 Å². The molecule has 5 heteroatoms. The molecule has 4 nitrogen and oxygen atoms in total. The van der Waals surface area contributed by atoms with E-state index < -0.39 is 0 Å². The van der Waals surface area contributed by atoms with Crippen LogP contribution in [-0.2, 0) is 17.7 Å². The highest BCUT2D eigenvalue weighted by Gasteiger charge is 2.28. The van der Waals surface area contributed by atoms with E-state index in [9.17, 15) is 0 Å². The number of piperidine rings is 1. The molecule has 1 saturated heterocycles. The number of anilines is 1. The van der Waals surface area contributed by atoms with Crippen molar-refractivity contribution in [3.63, 3.8) is 0 Å². The minimum atomic E-state index is 0.329. The van der Waals surface area contributed by atoms with Crippen LogP contribution in [0, 0.1) is 5.92 Å². The van der Waals surface area contributed by atoms with Gasteiger partial charge in [0.2, 0.25) is 0 Å². The fourth-order valence-electron chi connectivity index (χ4n) is 2.67. The topological polar surface area (TPSA) is 37.4 Å². The molecule has 0 bridgehead atoms. The predicted octanol–water partition coefficient (Wildman–Crippen LogP) is 2.68. The molecule has 1 aliphatic rings. The second-order valence-corrected chi connectivity index (χ2v) is 6.55.